The number of anilines is 1. The lowest BCUT2D eigenvalue weighted by Crippen LogP contribution is -2.15. The molecule has 3 aromatic rings. The van der Waals surface area contributed by atoms with Crippen molar-refractivity contribution in [2.75, 3.05) is 12.4 Å². The van der Waals surface area contributed by atoms with Crippen molar-refractivity contribution in [1.82, 2.24) is 4.98 Å². The second kappa shape index (κ2) is 7.55. The molecule has 0 atom stereocenters. The Morgan fingerprint density at radius 1 is 1.25 bits per heavy atom. The molecule has 0 saturated carbocycles. The molecule has 0 radical (unpaired) electrons. The highest BCUT2D eigenvalue weighted by Gasteiger charge is 2.31. The fourth-order valence-corrected chi connectivity index (χ4v) is 3.04. The molecule has 0 aliphatic heterocycles. The zero-order valence-corrected chi connectivity index (χ0v) is 15.4. The van der Waals surface area contributed by atoms with E-state index in [1.807, 2.05) is 0 Å². The average molecular weight is 410 g/mol. The van der Waals surface area contributed by atoms with Gasteiger partial charge in [0.2, 0.25) is 0 Å². The summed E-state index contributed by atoms with van der Waals surface area (Å²) in [5.74, 6) is -0.234. The summed E-state index contributed by atoms with van der Waals surface area (Å²) in [7, 11) is 1.50. The third kappa shape index (κ3) is 3.96. The molecular weight excluding hydrogens is 395 g/mol. The Balaban J connectivity index is 2.01. The number of primary amides is 1. The molecule has 0 bridgehead atoms. The predicted molar refractivity (Wildman–Crippen MR) is 101 cm³/mol. The van der Waals surface area contributed by atoms with E-state index in [9.17, 15) is 18.0 Å². The lowest BCUT2D eigenvalue weighted by atomic mass is 10.1. The molecule has 3 rings (SSSR count). The number of hydrogen-bond donors (Lipinski definition) is 2. The van der Waals surface area contributed by atoms with Gasteiger partial charge in [-0.1, -0.05) is 23.7 Å². The molecule has 0 saturated heterocycles. The van der Waals surface area contributed by atoms with Crippen molar-refractivity contribution in [3.8, 4) is 5.75 Å². The first kappa shape index (κ1) is 19.8. The molecule has 0 aliphatic carbocycles. The summed E-state index contributed by atoms with van der Waals surface area (Å²) >= 11 is 6.10. The summed E-state index contributed by atoms with van der Waals surface area (Å²) in [4.78, 5) is 15.7. The van der Waals surface area contributed by atoms with Crippen LogP contribution in [0.5, 0.6) is 5.75 Å². The fourth-order valence-electron chi connectivity index (χ4n) is 2.76. The van der Waals surface area contributed by atoms with Crippen LogP contribution in [0.2, 0.25) is 5.02 Å². The zero-order chi connectivity index (χ0) is 20.5. The van der Waals surface area contributed by atoms with E-state index in [1.165, 1.54) is 13.2 Å². The Morgan fingerprint density at radius 3 is 2.61 bits per heavy atom. The van der Waals surface area contributed by atoms with Crippen LogP contribution in [0.15, 0.2) is 42.6 Å². The van der Waals surface area contributed by atoms with Crippen LogP contribution in [0.25, 0.3) is 10.9 Å². The molecular formula is C19H15ClF3N3O2. The Kier molecular flexibility index (Phi) is 5.33. The van der Waals surface area contributed by atoms with Gasteiger partial charge in [-0.25, -0.2) is 0 Å². The van der Waals surface area contributed by atoms with E-state index >= 15 is 0 Å². The molecule has 2 aromatic carbocycles. The lowest BCUT2D eigenvalue weighted by Gasteiger charge is -2.15. The van der Waals surface area contributed by atoms with Crippen molar-refractivity contribution >= 4 is 34.1 Å². The van der Waals surface area contributed by atoms with Crippen LogP contribution < -0.4 is 15.8 Å². The highest BCUT2D eigenvalue weighted by atomic mass is 35.5. The number of aromatic nitrogens is 1. The van der Waals surface area contributed by atoms with Crippen molar-refractivity contribution in [2.24, 2.45) is 5.73 Å². The maximum absolute atomic E-state index is 13.0. The molecule has 0 spiro atoms. The number of benzene rings is 2. The van der Waals surface area contributed by atoms with Crippen molar-refractivity contribution in [2.45, 2.75) is 12.7 Å². The van der Waals surface area contributed by atoms with E-state index in [-0.39, 0.29) is 17.6 Å². The molecule has 28 heavy (non-hydrogen) atoms. The van der Waals surface area contributed by atoms with Crippen LogP contribution in [0, 0.1) is 0 Å². The van der Waals surface area contributed by atoms with Gasteiger partial charge in [-0.05, 0) is 29.8 Å². The summed E-state index contributed by atoms with van der Waals surface area (Å²) in [5, 5.41) is 3.81. The second-order valence-electron chi connectivity index (χ2n) is 5.96. The van der Waals surface area contributed by atoms with Crippen LogP contribution >= 0.6 is 11.6 Å². The quantitative estimate of drug-likeness (QED) is 0.644. The number of nitrogens with two attached hydrogens (primary N) is 1. The number of ether oxygens (including phenoxy) is 1. The number of nitrogens with one attached hydrogen (secondary N) is 1. The summed E-state index contributed by atoms with van der Waals surface area (Å²) in [6, 6.07) is 8.27. The molecule has 0 aliphatic rings. The van der Waals surface area contributed by atoms with Crippen LogP contribution in [-0.4, -0.2) is 18.0 Å². The molecule has 1 amide bonds. The van der Waals surface area contributed by atoms with E-state index in [2.05, 4.69) is 10.3 Å². The van der Waals surface area contributed by atoms with Gasteiger partial charge in [0.05, 0.1) is 34.5 Å². The van der Waals surface area contributed by atoms with Crippen molar-refractivity contribution < 1.29 is 22.7 Å². The van der Waals surface area contributed by atoms with Gasteiger partial charge in [-0.2, -0.15) is 13.2 Å². The number of alkyl halides is 3. The minimum atomic E-state index is -4.49. The minimum absolute atomic E-state index is 0.0758. The first-order valence-electron chi connectivity index (χ1n) is 8.06. The van der Waals surface area contributed by atoms with Gasteiger partial charge < -0.3 is 15.8 Å². The largest absolute Gasteiger partial charge is 0.495 e. The molecule has 9 heteroatoms. The first-order chi connectivity index (χ1) is 13.2. The fraction of sp³-hybridized carbons (Fsp3) is 0.158. The predicted octanol–water partition coefficient (Wildman–Crippen LogP) is 4.63. The van der Waals surface area contributed by atoms with Gasteiger partial charge in [0, 0.05) is 18.1 Å². The number of carbonyl (C=O) groups excluding carboxylic acids is 1. The monoisotopic (exact) mass is 409 g/mol. The maximum Gasteiger partial charge on any atom is 0.416 e. The zero-order valence-electron chi connectivity index (χ0n) is 14.6. The van der Waals surface area contributed by atoms with Crippen molar-refractivity contribution in [1.29, 1.82) is 0 Å². The number of nitrogens with zero attached hydrogens (tertiary/aromatic N) is 1. The van der Waals surface area contributed by atoms with Gasteiger partial charge >= 0.3 is 6.18 Å². The van der Waals surface area contributed by atoms with Gasteiger partial charge in [-0.15, -0.1) is 0 Å². The summed E-state index contributed by atoms with van der Waals surface area (Å²) in [5.41, 5.74) is 5.82. The van der Waals surface area contributed by atoms with Crippen molar-refractivity contribution in [3.63, 3.8) is 0 Å². The van der Waals surface area contributed by atoms with Crippen LogP contribution in [0.1, 0.15) is 21.5 Å². The summed E-state index contributed by atoms with van der Waals surface area (Å²) < 4.78 is 44.0. The highest BCUT2D eigenvalue weighted by Crippen LogP contribution is 2.34. The highest BCUT2D eigenvalue weighted by molar-refractivity contribution is 6.32. The normalized spacial score (nSPS) is 11.5. The number of halogens is 4. The topological polar surface area (TPSA) is 77.2 Å². The van der Waals surface area contributed by atoms with Crippen molar-refractivity contribution in [3.05, 3.63) is 64.3 Å². The molecule has 0 fully saturated rings. The number of fused-ring (bicyclic) bond motifs is 1. The molecule has 5 nitrogen and oxygen atoms in total. The first-order valence-corrected chi connectivity index (χ1v) is 8.44. The number of amides is 1. The minimum Gasteiger partial charge on any atom is -0.495 e. The van der Waals surface area contributed by atoms with Crippen LogP contribution in [-0.2, 0) is 12.7 Å². The number of rotatable bonds is 5. The third-order valence-electron chi connectivity index (χ3n) is 4.15. The van der Waals surface area contributed by atoms with E-state index in [1.54, 1.807) is 18.2 Å². The third-order valence-corrected chi connectivity index (χ3v) is 4.44. The smallest absolute Gasteiger partial charge is 0.416 e. The maximum atomic E-state index is 13.0. The van der Waals surface area contributed by atoms with Crippen LogP contribution in [0.4, 0.5) is 18.9 Å². The van der Waals surface area contributed by atoms with Gasteiger partial charge in [0.1, 0.15) is 5.75 Å². The molecule has 3 N–H and O–H groups in total. The number of hydrogen-bond acceptors (Lipinski definition) is 4. The SMILES string of the molecule is COc1ccc(CNc2c(C(N)=O)cnc3cc(C(F)(F)F)ccc23)cc1Cl. The molecule has 146 valence electrons. The number of carbonyl (C=O) groups is 1. The second-order valence-corrected chi connectivity index (χ2v) is 6.37. The Bertz CT molecular complexity index is 1050. The molecule has 1 aromatic heterocycles. The van der Waals surface area contributed by atoms with Gasteiger partial charge in [0.25, 0.3) is 5.91 Å². The number of methoxy groups -OCH3 is 1. The number of pyridine rings is 1. The van der Waals surface area contributed by atoms with Gasteiger partial charge in [0.15, 0.2) is 0 Å². The van der Waals surface area contributed by atoms with E-state index in [4.69, 9.17) is 22.1 Å². The molecule has 1 heterocycles. The average Bonchev–Trinajstić information content (AvgIpc) is 2.64. The standard InChI is InChI=1S/C19H15ClF3N3O2/c1-28-16-5-2-10(6-14(16)20)8-26-17-12-4-3-11(19(21,22)23)7-15(12)25-9-13(17)18(24)27/h2-7,9H,8H2,1H3,(H2,24,27)(H,25,26). The Labute approximate surface area is 163 Å². The molecule has 0 unspecified atom stereocenters. The van der Waals surface area contributed by atoms with Crippen LogP contribution in [0.3, 0.4) is 0 Å². The summed E-state index contributed by atoms with van der Waals surface area (Å²) in [6.07, 6.45) is -3.33. The van der Waals surface area contributed by atoms with E-state index in [0.29, 0.717) is 21.8 Å². The van der Waals surface area contributed by atoms with E-state index < -0.39 is 17.6 Å². The Hall–Kier alpha value is -3.00. The lowest BCUT2D eigenvalue weighted by molar-refractivity contribution is -0.137. The Morgan fingerprint density at radius 2 is 2.00 bits per heavy atom. The van der Waals surface area contributed by atoms with Gasteiger partial charge in [-0.3, -0.25) is 9.78 Å². The summed E-state index contributed by atoms with van der Waals surface area (Å²) in [6.45, 7) is 0.254. The van der Waals surface area contributed by atoms with E-state index in [0.717, 1.165) is 23.9 Å².